The SMILES string of the molecule is NC(/C=C\Nc1ccccc1)=NC(=O)Cc1ccc(F)cc1. The van der Waals surface area contributed by atoms with Crippen LogP contribution in [0.1, 0.15) is 5.56 Å². The Bertz CT molecular complexity index is 679. The first-order valence-electron chi connectivity index (χ1n) is 6.73. The van der Waals surface area contributed by atoms with Crippen LogP contribution in [0.5, 0.6) is 0 Å². The lowest BCUT2D eigenvalue weighted by molar-refractivity contribution is -0.117. The van der Waals surface area contributed by atoms with Crippen molar-refractivity contribution in [1.82, 2.24) is 0 Å². The Morgan fingerprint density at radius 3 is 2.50 bits per heavy atom. The Balaban J connectivity index is 1.88. The zero-order valence-corrected chi connectivity index (χ0v) is 11.9. The Morgan fingerprint density at radius 1 is 1.14 bits per heavy atom. The van der Waals surface area contributed by atoms with Gasteiger partial charge in [0.05, 0.1) is 6.42 Å². The molecule has 0 saturated carbocycles. The molecule has 2 rings (SSSR count). The number of rotatable bonds is 5. The highest BCUT2D eigenvalue weighted by Gasteiger charge is 2.02. The van der Waals surface area contributed by atoms with Gasteiger partial charge < -0.3 is 11.1 Å². The predicted molar refractivity (Wildman–Crippen MR) is 85.9 cm³/mol. The second kappa shape index (κ2) is 7.73. The number of para-hydroxylation sites is 1. The molecule has 0 bridgehead atoms. The van der Waals surface area contributed by atoms with E-state index >= 15 is 0 Å². The highest BCUT2D eigenvalue weighted by atomic mass is 19.1. The number of aliphatic imine (C=N–C) groups is 1. The van der Waals surface area contributed by atoms with Crippen molar-refractivity contribution in [2.24, 2.45) is 10.7 Å². The molecule has 0 aliphatic heterocycles. The van der Waals surface area contributed by atoms with E-state index < -0.39 is 0 Å². The molecule has 0 radical (unpaired) electrons. The van der Waals surface area contributed by atoms with Gasteiger partial charge in [-0.1, -0.05) is 30.3 Å². The standard InChI is InChI=1S/C17H16FN3O/c18-14-8-6-13(7-9-14)12-17(22)21-16(19)10-11-20-15-4-2-1-3-5-15/h1-11,20H,12H2,(H2,19,21,22)/b11-10-. The fraction of sp³-hybridized carbons (Fsp3) is 0.0588. The molecule has 5 heteroatoms. The van der Waals surface area contributed by atoms with Crippen LogP contribution in [-0.4, -0.2) is 11.7 Å². The van der Waals surface area contributed by atoms with E-state index in [1.54, 1.807) is 18.3 Å². The van der Waals surface area contributed by atoms with Gasteiger partial charge in [0.1, 0.15) is 11.7 Å². The van der Waals surface area contributed by atoms with Crippen molar-refractivity contribution < 1.29 is 9.18 Å². The molecule has 2 aromatic carbocycles. The zero-order valence-electron chi connectivity index (χ0n) is 11.9. The summed E-state index contributed by atoms with van der Waals surface area (Å²) in [5.41, 5.74) is 7.25. The maximum Gasteiger partial charge on any atom is 0.252 e. The highest BCUT2D eigenvalue weighted by molar-refractivity contribution is 6.00. The van der Waals surface area contributed by atoms with Gasteiger partial charge in [0.15, 0.2) is 0 Å². The van der Waals surface area contributed by atoms with Crippen LogP contribution in [0.3, 0.4) is 0 Å². The summed E-state index contributed by atoms with van der Waals surface area (Å²) >= 11 is 0. The third-order valence-electron chi connectivity index (χ3n) is 2.80. The molecule has 112 valence electrons. The number of nitrogens with one attached hydrogen (secondary N) is 1. The van der Waals surface area contributed by atoms with Crippen molar-refractivity contribution in [3.63, 3.8) is 0 Å². The summed E-state index contributed by atoms with van der Waals surface area (Å²) in [4.78, 5) is 15.5. The minimum absolute atomic E-state index is 0.0843. The fourth-order valence-corrected chi connectivity index (χ4v) is 1.76. The van der Waals surface area contributed by atoms with Gasteiger partial charge in [0, 0.05) is 11.9 Å². The van der Waals surface area contributed by atoms with Crippen molar-refractivity contribution >= 4 is 17.4 Å². The molecule has 0 fully saturated rings. The van der Waals surface area contributed by atoms with Crippen molar-refractivity contribution in [2.45, 2.75) is 6.42 Å². The largest absolute Gasteiger partial charge is 0.384 e. The topological polar surface area (TPSA) is 67.5 Å². The lowest BCUT2D eigenvalue weighted by Crippen LogP contribution is -2.12. The number of anilines is 1. The van der Waals surface area contributed by atoms with E-state index in [1.807, 2.05) is 30.3 Å². The third kappa shape index (κ3) is 5.20. The van der Waals surface area contributed by atoms with Crippen LogP contribution in [0.15, 0.2) is 71.9 Å². The normalized spacial score (nSPS) is 11.6. The second-order valence-corrected chi connectivity index (χ2v) is 4.58. The van der Waals surface area contributed by atoms with Crippen LogP contribution in [0.4, 0.5) is 10.1 Å². The van der Waals surface area contributed by atoms with E-state index in [1.165, 1.54) is 18.2 Å². The molecule has 0 aliphatic carbocycles. The molecule has 2 aromatic rings. The summed E-state index contributed by atoms with van der Waals surface area (Å²) in [6, 6.07) is 15.2. The van der Waals surface area contributed by atoms with Crippen molar-refractivity contribution in [3.8, 4) is 0 Å². The van der Waals surface area contributed by atoms with Gasteiger partial charge in [-0.15, -0.1) is 0 Å². The van der Waals surface area contributed by atoms with Gasteiger partial charge in [-0.2, -0.15) is 4.99 Å². The number of hydrogen-bond donors (Lipinski definition) is 2. The van der Waals surface area contributed by atoms with Crippen LogP contribution >= 0.6 is 0 Å². The van der Waals surface area contributed by atoms with E-state index in [-0.39, 0.29) is 24.0 Å². The Labute approximate surface area is 128 Å². The van der Waals surface area contributed by atoms with Gasteiger partial charge in [-0.3, -0.25) is 4.79 Å². The first kappa shape index (κ1) is 15.4. The van der Waals surface area contributed by atoms with Gasteiger partial charge in [0.25, 0.3) is 5.91 Å². The molecule has 3 N–H and O–H groups in total. The predicted octanol–water partition coefficient (Wildman–Crippen LogP) is 2.88. The van der Waals surface area contributed by atoms with Gasteiger partial charge >= 0.3 is 0 Å². The average molecular weight is 297 g/mol. The lowest BCUT2D eigenvalue weighted by Gasteiger charge is -1.99. The van der Waals surface area contributed by atoms with E-state index in [4.69, 9.17) is 5.73 Å². The fourth-order valence-electron chi connectivity index (χ4n) is 1.76. The van der Waals surface area contributed by atoms with E-state index in [0.717, 1.165) is 5.69 Å². The molecule has 0 atom stereocenters. The molecule has 0 saturated heterocycles. The van der Waals surface area contributed by atoms with Gasteiger partial charge in [-0.05, 0) is 35.9 Å². The van der Waals surface area contributed by atoms with Crippen LogP contribution < -0.4 is 11.1 Å². The van der Waals surface area contributed by atoms with Crippen molar-refractivity contribution in [1.29, 1.82) is 0 Å². The Morgan fingerprint density at radius 2 is 1.82 bits per heavy atom. The lowest BCUT2D eigenvalue weighted by atomic mass is 10.1. The van der Waals surface area contributed by atoms with Crippen LogP contribution in [0.2, 0.25) is 0 Å². The molecule has 0 aromatic heterocycles. The number of nitrogens with zero attached hydrogens (tertiary/aromatic N) is 1. The first-order valence-corrected chi connectivity index (χ1v) is 6.73. The van der Waals surface area contributed by atoms with Gasteiger partial charge in [0.2, 0.25) is 0 Å². The number of nitrogens with two attached hydrogens (primary N) is 1. The summed E-state index contributed by atoms with van der Waals surface area (Å²) in [7, 11) is 0. The number of amides is 1. The van der Waals surface area contributed by atoms with Gasteiger partial charge in [-0.25, -0.2) is 4.39 Å². The first-order chi connectivity index (χ1) is 10.6. The van der Waals surface area contributed by atoms with Crippen LogP contribution in [-0.2, 0) is 11.2 Å². The second-order valence-electron chi connectivity index (χ2n) is 4.58. The number of hydrogen-bond acceptors (Lipinski definition) is 2. The summed E-state index contributed by atoms with van der Waals surface area (Å²) in [6.07, 6.45) is 3.20. The molecule has 1 amide bonds. The third-order valence-corrected chi connectivity index (χ3v) is 2.80. The highest BCUT2D eigenvalue weighted by Crippen LogP contribution is 2.05. The molecule has 0 heterocycles. The number of carbonyl (C=O) groups is 1. The minimum Gasteiger partial charge on any atom is -0.384 e. The summed E-state index contributed by atoms with van der Waals surface area (Å²) in [5.74, 6) is -0.613. The zero-order chi connectivity index (χ0) is 15.8. The molecule has 22 heavy (non-hydrogen) atoms. The molecule has 0 aliphatic rings. The van der Waals surface area contributed by atoms with E-state index in [0.29, 0.717) is 5.56 Å². The number of benzene rings is 2. The number of halogens is 1. The quantitative estimate of drug-likeness (QED) is 0.658. The molecular weight excluding hydrogens is 281 g/mol. The van der Waals surface area contributed by atoms with E-state index in [2.05, 4.69) is 10.3 Å². The van der Waals surface area contributed by atoms with Crippen molar-refractivity contribution in [3.05, 3.63) is 78.3 Å². The van der Waals surface area contributed by atoms with Crippen molar-refractivity contribution in [2.75, 3.05) is 5.32 Å². The van der Waals surface area contributed by atoms with Crippen LogP contribution in [0, 0.1) is 5.82 Å². The molecule has 0 spiro atoms. The average Bonchev–Trinajstić information content (AvgIpc) is 2.50. The Hall–Kier alpha value is -2.95. The summed E-state index contributed by atoms with van der Waals surface area (Å²) in [6.45, 7) is 0. The minimum atomic E-state index is -0.381. The summed E-state index contributed by atoms with van der Waals surface area (Å²) in [5, 5.41) is 3.01. The number of carbonyl (C=O) groups excluding carboxylic acids is 1. The smallest absolute Gasteiger partial charge is 0.252 e. The Kier molecular flexibility index (Phi) is 5.43. The maximum atomic E-state index is 12.8. The molecule has 4 nitrogen and oxygen atoms in total. The number of amidine groups is 1. The monoisotopic (exact) mass is 297 g/mol. The summed E-state index contributed by atoms with van der Waals surface area (Å²) < 4.78 is 12.8. The molecule has 0 unspecified atom stereocenters. The maximum absolute atomic E-state index is 12.8. The van der Waals surface area contributed by atoms with E-state index in [9.17, 15) is 9.18 Å². The van der Waals surface area contributed by atoms with Crippen LogP contribution in [0.25, 0.3) is 0 Å². The molecular formula is C17H16FN3O.